The number of nitrogens with one attached hydrogen (secondary N) is 1. The van der Waals surface area contributed by atoms with Gasteiger partial charge in [0, 0.05) is 31.2 Å². The molecule has 3 rings (SSSR count). The fourth-order valence-corrected chi connectivity index (χ4v) is 2.38. The molecule has 1 aliphatic heterocycles. The van der Waals surface area contributed by atoms with Crippen LogP contribution in [0.2, 0.25) is 0 Å². The summed E-state index contributed by atoms with van der Waals surface area (Å²) in [6.07, 6.45) is 0. The minimum atomic E-state index is -0.271. The first-order valence-electron chi connectivity index (χ1n) is 6.75. The van der Waals surface area contributed by atoms with E-state index in [2.05, 4.69) is 27.3 Å². The monoisotopic (exact) mass is 276 g/mol. The number of hydrogen-bond donors (Lipinski definition) is 1. The second-order valence-electron chi connectivity index (χ2n) is 5.11. The van der Waals surface area contributed by atoms with Crippen molar-refractivity contribution in [1.82, 2.24) is 20.4 Å². The molecule has 1 unspecified atom stereocenters. The molecule has 106 valence electrons. The van der Waals surface area contributed by atoms with Gasteiger partial charge in [0.15, 0.2) is 0 Å². The molecule has 6 heteroatoms. The van der Waals surface area contributed by atoms with E-state index >= 15 is 0 Å². The van der Waals surface area contributed by atoms with Gasteiger partial charge in [-0.3, -0.25) is 4.90 Å². The maximum atomic E-state index is 12.9. The van der Waals surface area contributed by atoms with E-state index in [9.17, 15) is 4.39 Å². The van der Waals surface area contributed by atoms with Gasteiger partial charge in [-0.15, -0.1) is 0 Å². The fraction of sp³-hybridized carbons (Fsp3) is 0.429. The van der Waals surface area contributed by atoms with Crippen LogP contribution in [0.4, 0.5) is 4.39 Å². The lowest BCUT2D eigenvalue weighted by molar-refractivity contribution is 0.177. The molecular formula is C14H17FN4O. The van der Waals surface area contributed by atoms with Crippen molar-refractivity contribution in [3.8, 4) is 11.4 Å². The van der Waals surface area contributed by atoms with E-state index in [1.165, 1.54) is 12.1 Å². The molecule has 20 heavy (non-hydrogen) atoms. The molecule has 0 bridgehead atoms. The van der Waals surface area contributed by atoms with Gasteiger partial charge in [0.05, 0.1) is 6.54 Å². The van der Waals surface area contributed by atoms with E-state index in [4.69, 9.17) is 4.52 Å². The van der Waals surface area contributed by atoms with Crippen LogP contribution in [-0.2, 0) is 6.54 Å². The maximum Gasteiger partial charge on any atom is 0.241 e. The zero-order chi connectivity index (χ0) is 13.9. The molecule has 1 N–H and O–H groups in total. The summed E-state index contributed by atoms with van der Waals surface area (Å²) in [6.45, 7) is 5.72. The molecule has 0 amide bonds. The van der Waals surface area contributed by atoms with Crippen molar-refractivity contribution >= 4 is 0 Å². The van der Waals surface area contributed by atoms with E-state index in [0.29, 0.717) is 24.3 Å². The van der Waals surface area contributed by atoms with Crippen molar-refractivity contribution in [3.63, 3.8) is 0 Å². The first-order chi connectivity index (χ1) is 9.70. The quantitative estimate of drug-likeness (QED) is 0.924. The van der Waals surface area contributed by atoms with Gasteiger partial charge >= 0.3 is 0 Å². The van der Waals surface area contributed by atoms with Gasteiger partial charge in [0.25, 0.3) is 0 Å². The van der Waals surface area contributed by atoms with Crippen molar-refractivity contribution in [2.75, 3.05) is 19.6 Å². The predicted octanol–water partition coefficient (Wildman–Crippen LogP) is 1.67. The average molecular weight is 276 g/mol. The number of benzene rings is 1. The van der Waals surface area contributed by atoms with E-state index < -0.39 is 0 Å². The van der Waals surface area contributed by atoms with Gasteiger partial charge in [-0.25, -0.2) is 4.39 Å². The van der Waals surface area contributed by atoms with E-state index in [-0.39, 0.29) is 5.82 Å². The number of piperazine rings is 1. The standard InChI is InChI=1S/C14H17FN4O/c1-10-8-19(7-6-16-10)9-13-17-14(18-20-13)11-2-4-12(15)5-3-11/h2-5,10,16H,6-9H2,1H3. The highest BCUT2D eigenvalue weighted by Crippen LogP contribution is 2.17. The molecule has 5 nitrogen and oxygen atoms in total. The smallest absolute Gasteiger partial charge is 0.241 e. The summed E-state index contributed by atoms with van der Waals surface area (Å²) in [5, 5.41) is 7.34. The first-order valence-corrected chi connectivity index (χ1v) is 6.75. The Hall–Kier alpha value is -1.79. The van der Waals surface area contributed by atoms with Gasteiger partial charge < -0.3 is 9.84 Å². The Labute approximate surface area is 116 Å². The molecule has 1 saturated heterocycles. The minimum absolute atomic E-state index is 0.271. The van der Waals surface area contributed by atoms with Crippen molar-refractivity contribution in [3.05, 3.63) is 36.0 Å². The zero-order valence-electron chi connectivity index (χ0n) is 11.3. The van der Waals surface area contributed by atoms with Gasteiger partial charge in [-0.05, 0) is 31.2 Å². The molecule has 1 aliphatic rings. The molecule has 1 atom stereocenters. The summed E-state index contributed by atoms with van der Waals surface area (Å²) in [6, 6.07) is 6.56. The van der Waals surface area contributed by atoms with Crippen LogP contribution in [0.25, 0.3) is 11.4 Å². The lowest BCUT2D eigenvalue weighted by Crippen LogP contribution is -2.48. The van der Waals surface area contributed by atoms with Crippen LogP contribution in [-0.4, -0.2) is 40.7 Å². The molecule has 2 heterocycles. The molecule has 0 radical (unpaired) electrons. The summed E-state index contributed by atoms with van der Waals surface area (Å²) in [5.74, 6) is 0.828. The van der Waals surface area contributed by atoms with Crippen molar-refractivity contribution in [1.29, 1.82) is 0 Å². The van der Waals surface area contributed by atoms with E-state index in [1.807, 2.05) is 0 Å². The maximum absolute atomic E-state index is 12.9. The molecule has 1 fully saturated rings. The highest BCUT2D eigenvalue weighted by Gasteiger charge is 2.18. The number of nitrogens with zero attached hydrogens (tertiary/aromatic N) is 3. The van der Waals surface area contributed by atoms with Gasteiger partial charge in [-0.1, -0.05) is 5.16 Å². The summed E-state index contributed by atoms with van der Waals surface area (Å²) in [5.41, 5.74) is 0.759. The summed E-state index contributed by atoms with van der Waals surface area (Å²) in [7, 11) is 0. The van der Waals surface area contributed by atoms with Crippen LogP contribution >= 0.6 is 0 Å². The Kier molecular flexibility index (Phi) is 3.75. The Bertz CT molecular complexity index is 569. The third kappa shape index (κ3) is 3.02. The zero-order valence-corrected chi connectivity index (χ0v) is 11.3. The van der Waals surface area contributed by atoms with Crippen LogP contribution in [0.3, 0.4) is 0 Å². The Morgan fingerprint density at radius 3 is 2.95 bits per heavy atom. The number of rotatable bonds is 3. The lowest BCUT2D eigenvalue weighted by Gasteiger charge is -2.30. The minimum Gasteiger partial charge on any atom is -0.338 e. The Morgan fingerprint density at radius 1 is 1.40 bits per heavy atom. The Morgan fingerprint density at radius 2 is 2.20 bits per heavy atom. The van der Waals surface area contributed by atoms with Crippen LogP contribution in [0.5, 0.6) is 0 Å². The fourth-order valence-electron chi connectivity index (χ4n) is 2.38. The molecule has 1 aromatic carbocycles. The Balaban J connectivity index is 1.69. The lowest BCUT2D eigenvalue weighted by atomic mass is 10.2. The molecule has 0 saturated carbocycles. The van der Waals surface area contributed by atoms with Crippen molar-refractivity contribution < 1.29 is 8.91 Å². The van der Waals surface area contributed by atoms with Crippen molar-refractivity contribution in [2.45, 2.75) is 19.5 Å². The van der Waals surface area contributed by atoms with Gasteiger partial charge in [0.1, 0.15) is 5.82 Å². The van der Waals surface area contributed by atoms with Crippen LogP contribution in [0.1, 0.15) is 12.8 Å². The van der Waals surface area contributed by atoms with E-state index in [1.54, 1.807) is 12.1 Å². The molecule has 1 aromatic heterocycles. The highest BCUT2D eigenvalue weighted by molar-refractivity contribution is 5.53. The first kappa shape index (κ1) is 13.2. The number of aromatic nitrogens is 2. The van der Waals surface area contributed by atoms with Crippen LogP contribution in [0.15, 0.2) is 28.8 Å². The SMILES string of the molecule is CC1CN(Cc2nc(-c3ccc(F)cc3)no2)CCN1. The third-order valence-corrected chi connectivity index (χ3v) is 3.38. The second-order valence-corrected chi connectivity index (χ2v) is 5.11. The molecule has 0 aliphatic carbocycles. The normalized spacial score (nSPS) is 20.2. The molecule has 2 aromatic rings. The number of halogens is 1. The number of hydrogen-bond acceptors (Lipinski definition) is 5. The largest absolute Gasteiger partial charge is 0.338 e. The second kappa shape index (κ2) is 5.68. The molecular weight excluding hydrogens is 259 g/mol. The van der Waals surface area contributed by atoms with Gasteiger partial charge in [-0.2, -0.15) is 4.98 Å². The molecule has 0 spiro atoms. The topological polar surface area (TPSA) is 54.2 Å². The summed E-state index contributed by atoms with van der Waals surface area (Å²) in [4.78, 5) is 6.65. The van der Waals surface area contributed by atoms with Gasteiger partial charge in [0.2, 0.25) is 11.7 Å². The third-order valence-electron chi connectivity index (χ3n) is 3.38. The summed E-state index contributed by atoms with van der Waals surface area (Å²) < 4.78 is 18.1. The van der Waals surface area contributed by atoms with E-state index in [0.717, 1.165) is 25.2 Å². The van der Waals surface area contributed by atoms with Crippen LogP contribution in [0, 0.1) is 5.82 Å². The average Bonchev–Trinajstić information content (AvgIpc) is 2.88. The van der Waals surface area contributed by atoms with Crippen molar-refractivity contribution in [2.24, 2.45) is 0 Å². The highest BCUT2D eigenvalue weighted by atomic mass is 19.1. The summed E-state index contributed by atoms with van der Waals surface area (Å²) >= 11 is 0. The van der Waals surface area contributed by atoms with Crippen LogP contribution < -0.4 is 5.32 Å². The predicted molar refractivity (Wildman–Crippen MR) is 72.4 cm³/mol.